The van der Waals surface area contributed by atoms with Crippen LogP contribution in [0.5, 0.6) is 17.4 Å². The van der Waals surface area contributed by atoms with Gasteiger partial charge in [0.2, 0.25) is 11.8 Å². The average Bonchev–Trinajstić information content (AvgIpc) is 3.39. The Hall–Kier alpha value is -3.43. The normalized spacial score (nSPS) is 17.1. The number of carbonyl (C=O) groups is 1. The predicted molar refractivity (Wildman–Crippen MR) is 109 cm³/mol. The van der Waals surface area contributed by atoms with Crippen LogP contribution in [0.4, 0.5) is 8.78 Å². The van der Waals surface area contributed by atoms with E-state index in [0.717, 1.165) is 10.9 Å². The first-order valence-electron chi connectivity index (χ1n) is 9.72. The number of pyridine rings is 1. The molecule has 0 bridgehead atoms. The summed E-state index contributed by atoms with van der Waals surface area (Å²) >= 11 is 0. The molecule has 164 valence electrons. The minimum Gasteiger partial charge on any atom is -0.493 e. The SMILES string of the molecule is COc1ccc(-c2cc3ncn(C(F)F)c3c(OC(C)[C@H]3CNC(=O)C3)n2)cc1OC. The number of fused-ring (bicyclic) bond motifs is 1. The first-order valence-corrected chi connectivity index (χ1v) is 9.72. The van der Waals surface area contributed by atoms with E-state index in [4.69, 9.17) is 14.2 Å². The topological polar surface area (TPSA) is 87.5 Å². The van der Waals surface area contributed by atoms with Gasteiger partial charge in [-0.3, -0.25) is 9.36 Å². The van der Waals surface area contributed by atoms with Crippen LogP contribution in [0.25, 0.3) is 22.3 Å². The molecule has 0 aliphatic carbocycles. The highest BCUT2D eigenvalue weighted by Crippen LogP contribution is 2.36. The smallest absolute Gasteiger partial charge is 0.320 e. The highest BCUT2D eigenvalue weighted by Gasteiger charge is 2.29. The van der Waals surface area contributed by atoms with E-state index in [1.54, 1.807) is 31.2 Å². The molecule has 10 heteroatoms. The van der Waals surface area contributed by atoms with Crippen LogP contribution in [0.2, 0.25) is 0 Å². The minimum atomic E-state index is -2.80. The van der Waals surface area contributed by atoms with Gasteiger partial charge < -0.3 is 19.5 Å². The molecule has 31 heavy (non-hydrogen) atoms. The molecule has 3 aromatic rings. The van der Waals surface area contributed by atoms with Crippen LogP contribution in [0, 0.1) is 5.92 Å². The number of ether oxygens (including phenoxy) is 3. The minimum absolute atomic E-state index is 0.0342. The fourth-order valence-electron chi connectivity index (χ4n) is 3.63. The highest BCUT2D eigenvalue weighted by molar-refractivity contribution is 5.85. The molecule has 0 radical (unpaired) electrons. The summed E-state index contributed by atoms with van der Waals surface area (Å²) in [5, 5.41) is 2.76. The number of hydrogen-bond acceptors (Lipinski definition) is 6. The molecule has 1 aliphatic heterocycles. The Morgan fingerprint density at radius 2 is 1.97 bits per heavy atom. The highest BCUT2D eigenvalue weighted by atomic mass is 19.3. The summed E-state index contributed by atoms with van der Waals surface area (Å²) < 4.78 is 44.5. The van der Waals surface area contributed by atoms with Gasteiger partial charge in [-0.15, -0.1) is 0 Å². The van der Waals surface area contributed by atoms with Gasteiger partial charge in [0.1, 0.15) is 17.9 Å². The Balaban J connectivity index is 1.79. The van der Waals surface area contributed by atoms with Crippen molar-refractivity contribution in [3.05, 3.63) is 30.6 Å². The molecule has 2 aromatic heterocycles. The van der Waals surface area contributed by atoms with Gasteiger partial charge in [-0.2, -0.15) is 8.78 Å². The monoisotopic (exact) mass is 432 g/mol. The van der Waals surface area contributed by atoms with E-state index >= 15 is 0 Å². The van der Waals surface area contributed by atoms with Crippen molar-refractivity contribution in [3.8, 4) is 28.6 Å². The number of amides is 1. The van der Waals surface area contributed by atoms with E-state index < -0.39 is 12.7 Å². The van der Waals surface area contributed by atoms with Gasteiger partial charge in [-0.05, 0) is 31.2 Å². The second-order valence-electron chi connectivity index (χ2n) is 7.27. The first kappa shape index (κ1) is 20.8. The zero-order chi connectivity index (χ0) is 22.1. The van der Waals surface area contributed by atoms with Gasteiger partial charge in [0, 0.05) is 24.4 Å². The number of alkyl halides is 2. The number of carbonyl (C=O) groups excluding carboxylic acids is 1. The van der Waals surface area contributed by atoms with E-state index in [1.165, 1.54) is 14.2 Å². The number of halogens is 2. The molecule has 2 atom stereocenters. The molecule has 0 saturated carbocycles. The molecular formula is C21H22F2N4O4. The molecule has 1 N–H and O–H groups in total. The van der Waals surface area contributed by atoms with Gasteiger partial charge in [0.15, 0.2) is 11.5 Å². The van der Waals surface area contributed by atoms with Gasteiger partial charge in [-0.1, -0.05) is 0 Å². The molecule has 3 heterocycles. The molecule has 1 fully saturated rings. The van der Waals surface area contributed by atoms with Crippen LogP contribution < -0.4 is 19.5 Å². The summed E-state index contributed by atoms with van der Waals surface area (Å²) in [7, 11) is 3.06. The molecule has 1 amide bonds. The Bertz CT molecular complexity index is 1120. The molecule has 4 rings (SSSR count). The standard InChI is InChI=1S/C21H22F2N4O4/c1-11(13-7-18(28)24-9-13)31-20-19-15(25-10-27(19)21(22)23)8-14(26-20)12-4-5-16(29-2)17(6-12)30-3/h4-6,8,10-11,13,21H,7,9H2,1-3H3,(H,24,28)/t11?,13-/m1/s1. The molecular weight excluding hydrogens is 410 g/mol. The number of hydrogen-bond donors (Lipinski definition) is 1. The van der Waals surface area contributed by atoms with Crippen molar-refractivity contribution in [3.63, 3.8) is 0 Å². The summed E-state index contributed by atoms with van der Waals surface area (Å²) in [6, 6.07) is 6.88. The van der Waals surface area contributed by atoms with Crippen molar-refractivity contribution in [1.82, 2.24) is 19.9 Å². The Kier molecular flexibility index (Phi) is 5.62. The first-order chi connectivity index (χ1) is 14.9. The lowest BCUT2D eigenvalue weighted by Gasteiger charge is -2.20. The average molecular weight is 432 g/mol. The lowest BCUT2D eigenvalue weighted by molar-refractivity contribution is -0.119. The number of nitrogens with one attached hydrogen (secondary N) is 1. The lowest BCUT2D eigenvalue weighted by Crippen LogP contribution is -2.26. The fraction of sp³-hybridized carbons (Fsp3) is 0.381. The summed E-state index contributed by atoms with van der Waals surface area (Å²) in [6.07, 6.45) is 0.956. The Morgan fingerprint density at radius 3 is 2.61 bits per heavy atom. The molecule has 8 nitrogen and oxygen atoms in total. The molecule has 1 aromatic carbocycles. The largest absolute Gasteiger partial charge is 0.493 e. The molecule has 1 saturated heterocycles. The number of rotatable bonds is 7. The third-order valence-electron chi connectivity index (χ3n) is 5.38. The van der Waals surface area contributed by atoms with Crippen LogP contribution in [0.3, 0.4) is 0 Å². The van der Waals surface area contributed by atoms with Crippen molar-refractivity contribution in [2.45, 2.75) is 26.0 Å². The number of nitrogens with zero attached hydrogens (tertiary/aromatic N) is 3. The second-order valence-corrected chi connectivity index (χ2v) is 7.27. The maximum absolute atomic E-state index is 13.6. The van der Waals surface area contributed by atoms with E-state index in [2.05, 4.69) is 15.3 Å². The molecule has 1 unspecified atom stereocenters. The third-order valence-corrected chi connectivity index (χ3v) is 5.38. The van der Waals surface area contributed by atoms with Gasteiger partial charge in [0.25, 0.3) is 0 Å². The number of imidazole rings is 1. The maximum atomic E-state index is 13.6. The lowest BCUT2D eigenvalue weighted by atomic mass is 10.0. The van der Waals surface area contributed by atoms with E-state index in [1.807, 2.05) is 0 Å². The van der Waals surface area contributed by atoms with Crippen LogP contribution in [0.1, 0.15) is 19.9 Å². The van der Waals surface area contributed by atoms with Crippen LogP contribution >= 0.6 is 0 Å². The Morgan fingerprint density at radius 1 is 1.19 bits per heavy atom. The van der Waals surface area contributed by atoms with Crippen molar-refractivity contribution in [2.24, 2.45) is 5.92 Å². The number of methoxy groups -OCH3 is 2. The van der Waals surface area contributed by atoms with E-state index in [0.29, 0.717) is 41.2 Å². The van der Waals surface area contributed by atoms with Gasteiger partial charge >= 0.3 is 6.55 Å². The predicted octanol–water partition coefficient (Wildman–Crippen LogP) is 3.41. The van der Waals surface area contributed by atoms with Crippen molar-refractivity contribution >= 4 is 16.9 Å². The van der Waals surface area contributed by atoms with E-state index in [-0.39, 0.29) is 23.2 Å². The molecule has 0 spiro atoms. The number of benzene rings is 1. The van der Waals surface area contributed by atoms with Crippen molar-refractivity contribution in [2.75, 3.05) is 20.8 Å². The second kappa shape index (κ2) is 8.37. The van der Waals surface area contributed by atoms with Crippen molar-refractivity contribution < 1.29 is 27.8 Å². The summed E-state index contributed by atoms with van der Waals surface area (Å²) in [5.41, 5.74) is 1.59. The zero-order valence-corrected chi connectivity index (χ0v) is 17.3. The molecule has 1 aliphatic rings. The van der Waals surface area contributed by atoms with Crippen LogP contribution in [0.15, 0.2) is 30.6 Å². The van der Waals surface area contributed by atoms with Gasteiger partial charge in [0.05, 0.1) is 25.4 Å². The fourth-order valence-corrected chi connectivity index (χ4v) is 3.63. The number of aromatic nitrogens is 3. The summed E-state index contributed by atoms with van der Waals surface area (Å²) in [6.45, 7) is -0.539. The van der Waals surface area contributed by atoms with Crippen LogP contribution in [-0.4, -0.2) is 47.3 Å². The van der Waals surface area contributed by atoms with Gasteiger partial charge in [-0.25, -0.2) is 9.97 Å². The summed E-state index contributed by atoms with van der Waals surface area (Å²) in [4.78, 5) is 20.2. The van der Waals surface area contributed by atoms with Crippen molar-refractivity contribution in [1.29, 1.82) is 0 Å². The third kappa shape index (κ3) is 3.97. The zero-order valence-electron chi connectivity index (χ0n) is 17.3. The maximum Gasteiger partial charge on any atom is 0.320 e. The summed E-state index contributed by atoms with van der Waals surface area (Å²) in [5.74, 6) is 0.948. The quantitative estimate of drug-likeness (QED) is 0.616. The Labute approximate surface area is 177 Å². The van der Waals surface area contributed by atoms with E-state index in [9.17, 15) is 13.6 Å². The van der Waals surface area contributed by atoms with Crippen LogP contribution in [-0.2, 0) is 4.79 Å².